The first-order valence-electron chi connectivity index (χ1n) is 2.86. The number of hydrogen-bond acceptors (Lipinski definition) is 2. The largest absolute Gasteiger partial charge is 0.324 e. The van der Waals surface area contributed by atoms with Crippen LogP contribution < -0.4 is 5.32 Å². The van der Waals surface area contributed by atoms with Gasteiger partial charge in [-0.3, -0.25) is 0 Å². The Balaban J connectivity index is 2.46. The molecule has 0 aliphatic carbocycles. The Labute approximate surface area is 50.0 Å². The van der Waals surface area contributed by atoms with Crippen LogP contribution in [0, 0.1) is 0 Å². The van der Waals surface area contributed by atoms with Crippen molar-refractivity contribution in [2.75, 3.05) is 26.4 Å². The van der Waals surface area contributed by atoms with E-state index in [9.17, 15) is 4.57 Å². The molecule has 0 aromatic rings. The molecular formula is C5H12NOP. The summed E-state index contributed by atoms with van der Waals surface area (Å²) in [5.41, 5.74) is 0.475. The summed E-state index contributed by atoms with van der Waals surface area (Å²) in [5, 5.41) is 3.10. The van der Waals surface area contributed by atoms with Crippen LogP contribution >= 0.6 is 7.14 Å². The lowest BCUT2D eigenvalue weighted by molar-refractivity contribution is 0.499. The molecule has 2 nitrogen and oxygen atoms in total. The fourth-order valence-electron chi connectivity index (χ4n) is 0.713. The Bertz CT molecular complexity index is 124. The number of rotatable bonds is 1. The fraction of sp³-hybridized carbons (Fsp3) is 1.00. The van der Waals surface area contributed by atoms with Crippen molar-refractivity contribution in [1.82, 2.24) is 5.32 Å². The van der Waals surface area contributed by atoms with Gasteiger partial charge < -0.3 is 9.88 Å². The van der Waals surface area contributed by atoms with Crippen molar-refractivity contribution in [3.8, 4) is 0 Å². The lowest BCUT2D eigenvalue weighted by atomic mass is 10.3. The van der Waals surface area contributed by atoms with Crippen molar-refractivity contribution in [2.45, 2.75) is 5.66 Å². The summed E-state index contributed by atoms with van der Waals surface area (Å²) >= 11 is 0. The second-order valence-electron chi connectivity index (χ2n) is 2.75. The van der Waals surface area contributed by atoms with E-state index in [2.05, 4.69) is 5.32 Å². The third kappa shape index (κ3) is 1.12. The highest BCUT2D eigenvalue weighted by molar-refractivity contribution is 7.63. The summed E-state index contributed by atoms with van der Waals surface area (Å²) in [6, 6.07) is 0. The first kappa shape index (κ1) is 6.31. The van der Waals surface area contributed by atoms with E-state index in [4.69, 9.17) is 0 Å². The van der Waals surface area contributed by atoms with Gasteiger partial charge in [0.15, 0.2) is 0 Å². The molecule has 0 aromatic heterocycles. The first-order valence-corrected chi connectivity index (χ1v) is 5.53. The monoisotopic (exact) mass is 133 g/mol. The van der Waals surface area contributed by atoms with Gasteiger partial charge in [0.1, 0.15) is 0 Å². The normalized spacial score (nSPS) is 22.8. The van der Waals surface area contributed by atoms with Crippen molar-refractivity contribution in [2.24, 2.45) is 0 Å². The molecule has 1 heterocycles. The molecule has 0 saturated carbocycles. The molecule has 0 spiro atoms. The smallest absolute Gasteiger partial charge is 0.0873 e. The lowest BCUT2D eigenvalue weighted by Crippen LogP contribution is -2.46. The third-order valence-corrected chi connectivity index (χ3v) is 3.76. The van der Waals surface area contributed by atoms with Crippen molar-refractivity contribution >= 4 is 7.14 Å². The summed E-state index contributed by atoms with van der Waals surface area (Å²) in [6.45, 7) is 5.64. The summed E-state index contributed by atoms with van der Waals surface area (Å²) < 4.78 is 11.2. The minimum atomic E-state index is -1.73. The van der Waals surface area contributed by atoms with E-state index >= 15 is 0 Å². The molecule has 1 rings (SSSR count). The Morgan fingerprint density at radius 3 is 2.00 bits per heavy atom. The molecule has 1 fully saturated rings. The van der Waals surface area contributed by atoms with Gasteiger partial charge in [-0.1, -0.05) is 0 Å². The summed E-state index contributed by atoms with van der Waals surface area (Å²) in [4.78, 5) is 0. The van der Waals surface area contributed by atoms with Crippen molar-refractivity contribution in [3.05, 3.63) is 0 Å². The Kier molecular flexibility index (Phi) is 1.46. The van der Waals surface area contributed by atoms with Crippen LogP contribution in [0.2, 0.25) is 0 Å². The molecule has 3 heteroatoms. The Morgan fingerprint density at radius 1 is 1.50 bits per heavy atom. The molecular weight excluding hydrogens is 121 g/mol. The van der Waals surface area contributed by atoms with E-state index in [0.29, 0.717) is 5.66 Å². The van der Waals surface area contributed by atoms with Gasteiger partial charge in [0.05, 0.1) is 7.14 Å². The van der Waals surface area contributed by atoms with Crippen LogP contribution in [0.1, 0.15) is 0 Å². The van der Waals surface area contributed by atoms with Gasteiger partial charge in [-0.2, -0.15) is 0 Å². The zero-order valence-corrected chi connectivity index (χ0v) is 6.24. The van der Waals surface area contributed by atoms with Crippen molar-refractivity contribution in [3.63, 3.8) is 0 Å². The zero-order valence-electron chi connectivity index (χ0n) is 5.35. The summed E-state index contributed by atoms with van der Waals surface area (Å²) in [5.74, 6) is 0. The number of nitrogens with one attached hydrogen (secondary N) is 1. The topological polar surface area (TPSA) is 29.1 Å². The Hall–Kier alpha value is 0.190. The molecule has 48 valence electrons. The maximum absolute atomic E-state index is 11.2. The minimum absolute atomic E-state index is 0.475. The van der Waals surface area contributed by atoms with Gasteiger partial charge in [-0.25, -0.2) is 0 Å². The van der Waals surface area contributed by atoms with E-state index in [1.165, 1.54) is 0 Å². The summed E-state index contributed by atoms with van der Waals surface area (Å²) in [6.07, 6.45) is 0. The van der Waals surface area contributed by atoms with Crippen LogP contribution in [0.4, 0.5) is 0 Å². The standard InChI is InChI=1S/C5H12NOP/c1-8(2,7)5-3-6-4-5/h5-6H,3-4H2,1-2H3. The second-order valence-corrected chi connectivity index (χ2v) is 6.34. The summed E-state index contributed by atoms with van der Waals surface area (Å²) in [7, 11) is -1.73. The Morgan fingerprint density at radius 2 is 2.00 bits per heavy atom. The average molecular weight is 133 g/mol. The van der Waals surface area contributed by atoms with Gasteiger partial charge in [0, 0.05) is 18.7 Å². The highest BCUT2D eigenvalue weighted by atomic mass is 31.2. The molecule has 1 aliphatic rings. The molecule has 1 saturated heterocycles. The van der Waals surface area contributed by atoms with Crippen LogP contribution in [0.3, 0.4) is 0 Å². The first-order chi connectivity index (χ1) is 3.61. The predicted molar refractivity (Wildman–Crippen MR) is 36.1 cm³/mol. The van der Waals surface area contributed by atoms with Crippen LogP contribution in [-0.2, 0) is 4.57 Å². The molecule has 1 aliphatic heterocycles. The highest BCUT2D eigenvalue weighted by Gasteiger charge is 2.28. The molecule has 0 unspecified atom stereocenters. The van der Waals surface area contributed by atoms with Gasteiger partial charge in [0.25, 0.3) is 0 Å². The molecule has 0 amide bonds. The molecule has 1 N–H and O–H groups in total. The van der Waals surface area contributed by atoms with Gasteiger partial charge in [0.2, 0.25) is 0 Å². The second kappa shape index (κ2) is 1.85. The van der Waals surface area contributed by atoms with Gasteiger partial charge in [-0.05, 0) is 13.3 Å². The van der Waals surface area contributed by atoms with Crippen molar-refractivity contribution < 1.29 is 4.57 Å². The zero-order chi connectivity index (χ0) is 6.20. The van der Waals surface area contributed by atoms with Crippen molar-refractivity contribution in [1.29, 1.82) is 0 Å². The molecule has 0 bridgehead atoms. The SMILES string of the molecule is CP(C)(=O)C1CNC1. The van der Waals surface area contributed by atoms with Crippen LogP contribution in [-0.4, -0.2) is 32.1 Å². The number of hydrogen-bond donors (Lipinski definition) is 1. The molecule has 0 aromatic carbocycles. The maximum atomic E-state index is 11.2. The molecule has 8 heavy (non-hydrogen) atoms. The molecule has 0 atom stereocenters. The minimum Gasteiger partial charge on any atom is -0.324 e. The van der Waals surface area contributed by atoms with Gasteiger partial charge >= 0.3 is 0 Å². The predicted octanol–water partition coefficient (Wildman–Crippen LogP) is 0.581. The average Bonchev–Trinajstić information content (AvgIpc) is 1.16. The van der Waals surface area contributed by atoms with Crippen LogP contribution in [0.25, 0.3) is 0 Å². The maximum Gasteiger partial charge on any atom is 0.0873 e. The van der Waals surface area contributed by atoms with E-state index in [0.717, 1.165) is 13.1 Å². The van der Waals surface area contributed by atoms with E-state index < -0.39 is 7.14 Å². The fourth-order valence-corrected chi connectivity index (χ4v) is 1.85. The molecule has 0 radical (unpaired) electrons. The van der Waals surface area contributed by atoms with Crippen LogP contribution in [0.15, 0.2) is 0 Å². The van der Waals surface area contributed by atoms with Crippen LogP contribution in [0.5, 0.6) is 0 Å². The van der Waals surface area contributed by atoms with E-state index in [-0.39, 0.29) is 0 Å². The highest BCUT2D eigenvalue weighted by Crippen LogP contribution is 2.43. The van der Waals surface area contributed by atoms with E-state index in [1.54, 1.807) is 0 Å². The van der Waals surface area contributed by atoms with Gasteiger partial charge in [-0.15, -0.1) is 0 Å². The quantitative estimate of drug-likeness (QED) is 0.530. The van der Waals surface area contributed by atoms with E-state index in [1.807, 2.05) is 13.3 Å². The third-order valence-electron chi connectivity index (χ3n) is 1.64. The lowest BCUT2D eigenvalue weighted by Gasteiger charge is -2.30.